The van der Waals surface area contributed by atoms with Gasteiger partial charge in [-0.15, -0.1) is 0 Å². The molecule has 108 valence electrons. The van der Waals surface area contributed by atoms with Crippen molar-refractivity contribution in [1.29, 1.82) is 0 Å². The fraction of sp³-hybridized carbons (Fsp3) is 0.692. The van der Waals surface area contributed by atoms with E-state index in [0.29, 0.717) is 16.9 Å². The first-order valence-corrected chi connectivity index (χ1v) is 7.34. The van der Waals surface area contributed by atoms with E-state index in [1.807, 2.05) is 0 Å². The molecule has 1 aromatic rings. The highest BCUT2D eigenvalue weighted by Crippen LogP contribution is 2.16. The minimum atomic E-state index is -0.0874. The van der Waals surface area contributed by atoms with E-state index in [9.17, 15) is 4.79 Å². The lowest BCUT2D eigenvalue weighted by Crippen LogP contribution is -2.26. The monoisotopic (exact) mass is 331 g/mol. The van der Waals surface area contributed by atoms with Gasteiger partial charge in [-0.3, -0.25) is 4.79 Å². The molecule has 0 saturated carbocycles. The zero-order valence-corrected chi connectivity index (χ0v) is 13.4. The standard InChI is InChI=1S/C13H22BrN3O2/c1-10(2)9-17-13(18)12(14)11(8-16-17)15-6-4-5-7-19-3/h8,10,15H,4-7,9H2,1-3H3. The minimum Gasteiger partial charge on any atom is -0.385 e. The highest BCUT2D eigenvalue weighted by molar-refractivity contribution is 9.10. The highest BCUT2D eigenvalue weighted by atomic mass is 79.9. The molecule has 1 aromatic heterocycles. The molecule has 19 heavy (non-hydrogen) atoms. The molecular weight excluding hydrogens is 310 g/mol. The second kappa shape index (κ2) is 8.32. The van der Waals surface area contributed by atoms with E-state index in [4.69, 9.17) is 4.74 Å². The number of anilines is 1. The van der Waals surface area contributed by atoms with E-state index in [-0.39, 0.29) is 5.56 Å². The van der Waals surface area contributed by atoms with Gasteiger partial charge in [-0.25, -0.2) is 4.68 Å². The largest absolute Gasteiger partial charge is 0.385 e. The number of aromatic nitrogens is 2. The Bertz CT molecular complexity index is 446. The van der Waals surface area contributed by atoms with Gasteiger partial charge in [0, 0.05) is 26.8 Å². The maximum Gasteiger partial charge on any atom is 0.283 e. The Morgan fingerprint density at radius 2 is 2.21 bits per heavy atom. The molecule has 0 fully saturated rings. The second-order valence-electron chi connectivity index (χ2n) is 4.88. The maximum absolute atomic E-state index is 12.1. The minimum absolute atomic E-state index is 0.0874. The van der Waals surface area contributed by atoms with Gasteiger partial charge in [0.15, 0.2) is 0 Å². The van der Waals surface area contributed by atoms with Gasteiger partial charge in [0.05, 0.1) is 11.9 Å². The molecular formula is C13H22BrN3O2. The lowest BCUT2D eigenvalue weighted by molar-refractivity contribution is 0.194. The summed E-state index contributed by atoms with van der Waals surface area (Å²) in [7, 11) is 1.70. The van der Waals surface area contributed by atoms with Crippen LogP contribution in [0.2, 0.25) is 0 Å². The van der Waals surface area contributed by atoms with Gasteiger partial charge < -0.3 is 10.1 Å². The highest BCUT2D eigenvalue weighted by Gasteiger charge is 2.09. The fourth-order valence-electron chi connectivity index (χ4n) is 1.66. The van der Waals surface area contributed by atoms with Gasteiger partial charge in [0.25, 0.3) is 5.56 Å². The summed E-state index contributed by atoms with van der Waals surface area (Å²) >= 11 is 3.34. The van der Waals surface area contributed by atoms with Gasteiger partial charge in [0.2, 0.25) is 0 Å². The Balaban J connectivity index is 2.61. The zero-order valence-electron chi connectivity index (χ0n) is 11.8. The van der Waals surface area contributed by atoms with E-state index in [0.717, 1.165) is 31.7 Å². The predicted molar refractivity (Wildman–Crippen MR) is 80.6 cm³/mol. The first-order valence-electron chi connectivity index (χ1n) is 6.54. The van der Waals surface area contributed by atoms with E-state index in [1.165, 1.54) is 4.68 Å². The Labute approximate surface area is 122 Å². The molecule has 6 heteroatoms. The van der Waals surface area contributed by atoms with Crippen molar-refractivity contribution in [2.75, 3.05) is 25.6 Å². The normalized spacial score (nSPS) is 11.0. The number of rotatable bonds is 8. The van der Waals surface area contributed by atoms with Crippen LogP contribution in [0.4, 0.5) is 5.69 Å². The zero-order chi connectivity index (χ0) is 14.3. The summed E-state index contributed by atoms with van der Waals surface area (Å²) in [4.78, 5) is 12.1. The van der Waals surface area contributed by atoms with E-state index >= 15 is 0 Å². The van der Waals surface area contributed by atoms with Crippen molar-refractivity contribution in [3.8, 4) is 0 Å². The van der Waals surface area contributed by atoms with Crippen molar-refractivity contribution in [2.45, 2.75) is 33.2 Å². The van der Waals surface area contributed by atoms with Crippen LogP contribution in [-0.2, 0) is 11.3 Å². The van der Waals surface area contributed by atoms with Crippen LogP contribution in [-0.4, -0.2) is 30.0 Å². The van der Waals surface area contributed by atoms with Crippen LogP contribution in [0.25, 0.3) is 0 Å². The molecule has 0 amide bonds. The van der Waals surface area contributed by atoms with Crippen LogP contribution >= 0.6 is 15.9 Å². The second-order valence-corrected chi connectivity index (χ2v) is 5.67. The smallest absolute Gasteiger partial charge is 0.283 e. The Hall–Kier alpha value is -0.880. The van der Waals surface area contributed by atoms with Crippen LogP contribution in [0.3, 0.4) is 0 Å². The Morgan fingerprint density at radius 1 is 1.47 bits per heavy atom. The quantitative estimate of drug-likeness (QED) is 0.743. The molecule has 5 nitrogen and oxygen atoms in total. The van der Waals surface area contributed by atoms with Crippen LogP contribution in [0.15, 0.2) is 15.5 Å². The molecule has 0 saturated heterocycles. The number of methoxy groups -OCH3 is 1. The first-order chi connectivity index (χ1) is 9.06. The van der Waals surface area contributed by atoms with Gasteiger partial charge in [0.1, 0.15) is 4.47 Å². The fourth-order valence-corrected chi connectivity index (χ4v) is 2.11. The van der Waals surface area contributed by atoms with Crippen molar-refractivity contribution in [3.63, 3.8) is 0 Å². The summed E-state index contributed by atoms with van der Waals surface area (Å²) in [6.07, 6.45) is 3.69. The van der Waals surface area contributed by atoms with E-state index in [1.54, 1.807) is 13.3 Å². The van der Waals surface area contributed by atoms with Crippen LogP contribution in [0.5, 0.6) is 0 Å². The number of halogens is 1. The number of nitrogens with zero attached hydrogens (tertiary/aromatic N) is 2. The van der Waals surface area contributed by atoms with Crippen LogP contribution in [0.1, 0.15) is 26.7 Å². The molecule has 0 aliphatic heterocycles. The topological polar surface area (TPSA) is 56.1 Å². The molecule has 0 aliphatic carbocycles. The molecule has 0 spiro atoms. The van der Waals surface area contributed by atoms with Gasteiger partial charge in [-0.1, -0.05) is 13.8 Å². The third kappa shape index (κ3) is 5.32. The van der Waals surface area contributed by atoms with Crippen molar-refractivity contribution < 1.29 is 4.74 Å². The molecule has 0 unspecified atom stereocenters. The average Bonchev–Trinajstić information content (AvgIpc) is 2.37. The summed E-state index contributed by atoms with van der Waals surface area (Å²) < 4.78 is 7.03. The van der Waals surface area contributed by atoms with Gasteiger partial charge in [-0.2, -0.15) is 5.10 Å². The summed E-state index contributed by atoms with van der Waals surface area (Å²) in [5.41, 5.74) is 0.665. The van der Waals surface area contributed by atoms with Crippen LogP contribution < -0.4 is 10.9 Å². The van der Waals surface area contributed by atoms with Gasteiger partial charge in [-0.05, 0) is 34.7 Å². The van der Waals surface area contributed by atoms with Crippen LogP contribution in [0, 0.1) is 5.92 Å². The lowest BCUT2D eigenvalue weighted by Gasteiger charge is -2.11. The summed E-state index contributed by atoms with van der Waals surface area (Å²) in [5, 5.41) is 7.40. The predicted octanol–water partition coefficient (Wildman–Crippen LogP) is 2.50. The third-order valence-corrected chi connectivity index (χ3v) is 3.38. The van der Waals surface area contributed by atoms with Crippen molar-refractivity contribution in [1.82, 2.24) is 9.78 Å². The summed E-state index contributed by atoms with van der Waals surface area (Å²) in [5.74, 6) is 0.393. The third-order valence-electron chi connectivity index (χ3n) is 2.61. The Morgan fingerprint density at radius 3 is 2.84 bits per heavy atom. The van der Waals surface area contributed by atoms with Crippen molar-refractivity contribution in [3.05, 3.63) is 21.0 Å². The molecule has 0 atom stereocenters. The first kappa shape index (κ1) is 16.2. The number of ether oxygens (including phenoxy) is 1. The molecule has 1 N–H and O–H groups in total. The molecule has 0 bridgehead atoms. The molecule has 0 aromatic carbocycles. The molecule has 1 heterocycles. The molecule has 0 radical (unpaired) electrons. The number of hydrogen-bond donors (Lipinski definition) is 1. The average molecular weight is 332 g/mol. The summed E-state index contributed by atoms with van der Waals surface area (Å²) in [6, 6.07) is 0. The van der Waals surface area contributed by atoms with Gasteiger partial charge >= 0.3 is 0 Å². The summed E-state index contributed by atoms with van der Waals surface area (Å²) in [6.45, 7) is 6.31. The van der Waals surface area contributed by atoms with Crippen molar-refractivity contribution >= 4 is 21.6 Å². The maximum atomic E-state index is 12.1. The number of hydrogen-bond acceptors (Lipinski definition) is 4. The number of nitrogens with one attached hydrogen (secondary N) is 1. The van der Waals surface area contributed by atoms with E-state index < -0.39 is 0 Å². The number of unbranched alkanes of at least 4 members (excludes halogenated alkanes) is 1. The lowest BCUT2D eigenvalue weighted by atomic mass is 10.2. The Kier molecular flexibility index (Phi) is 7.09. The van der Waals surface area contributed by atoms with E-state index in [2.05, 4.69) is 40.2 Å². The van der Waals surface area contributed by atoms with Crippen molar-refractivity contribution in [2.24, 2.45) is 5.92 Å². The molecule has 0 aliphatic rings. The molecule has 1 rings (SSSR count). The SMILES string of the molecule is COCCCCNc1cnn(CC(C)C)c(=O)c1Br.